The number of hydrogen-bond acceptors (Lipinski definition) is 4. The normalized spacial score (nSPS) is 22.6. The van der Waals surface area contributed by atoms with E-state index in [9.17, 15) is 9.59 Å². The minimum absolute atomic E-state index is 0.00581. The van der Waals surface area contributed by atoms with E-state index in [2.05, 4.69) is 20.9 Å². The number of para-hydroxylation sites is 1. The number of carbonyl (C=O) groups excluding carboxylic acids is 2. The molecule has 3 aliphatic heterocycles. The molecule has 6 nitrogen and oxygen atoms in total. The van der Waals surface area contributed by atoms with Gasteiger partial charge in [0.25, 0.3) is 5.91 Å². The highest BCUT2D eigenvalue weighted by molar-refractivity contribution is 7.20. The lowest BCUT2D eigenvalue weighted by molar-refractivity contribution is 0.0622. The molecule has 3 amide bonds. The molecule has 30 heavy (non-hydrogen) atoms. The number of piperidine rings is 3. The Morgan fingerprint density at radius 2 is 1.70 bits per heavy atom. The maximum absolute atomic E-state index is 12.8. The van der Waals surface area contributed by atoms with E-state index >= 15 is 0 Å². The van der Waals surface area contributed by atoms with Crippen molar-refractivity contribution >= 4 is 44.7 Å². The molecule has 0 radical (unpaired) electrons. The van der Waals surface area contributed by atoms with Gasteiger partial charge in [-0.1, -0.05) is 24.3 Å². The maximum Gasteiger partial charge on any atom is 0.323 e. The summed E-state index contributed by atoms with van der Waals surface area (Å²) in [6.07, 6.45) is 2.36. The first-order valence-corrected chi connectivity index (χ1v) is 11.2. The number of amides is 3. The summed E-state index contributed by atoms with van der Waals surface area (Å²) in [6, 6.07) is 16.9. The molecule has 3 fully saturated rings. The number of rotatable bonds is 4. The summed E-state index contributed by atoms with van der Waals surface area (Å²) >= 11 is 1.46. The highest BCUT2D eigenvalue weighted by Crippen LogP contribution is 2.30. The van der Waals surface area contributed by atoms with Crippen molar-refractivity contribution < 1.29 is 9.59 Å². The van der Waals surface area contributed by atoms with Gasteiger partial charge in [0.1, 0.15) is 0 Å². The highest BCUT2D eigenvalue weighted by atomic mass is 32.1. The first-order chi connectivity index (χ1) is 14.6. The average molecular weight is 421 g/mol. The molecule has 3 N–H and O–H groups in total. The van der Waals surface area contributed by atoms with Gasteiger partial charge >= 0.3 is 6.03 Å². The van der Waals surface area contributed by atoms with Gasteiger partial charge in [-0.05, 0) is 67.6 Å². The molecule has 1 atom stereocenters. The zero-order valence-electron chi connectivity index (χ0n) is 16.6. The average Bonchev–Trinajstić information content (AvgIpc) is 3.19. The first kappa shape index (κ1) is 19.1. The van der Waals surface area contributed by atoms with Crippen molar-refractivity contribution in [2.45, 2.75) is 18.9 Å². The van der Waals surface area contributed by atoms with Crippen molar-refractivity contribution in [3.8, 4) is 0 Å². The molecular formula is C23H24N4O2S. The van der Waals surface area contributed by atoms with Gasteiger partial charge in [0.2, 0.25) is 0 Å². The lowest BCUT2D eigenvalue weighted by Gasteiger charge is -2.44. The third-order valence-electron chi connectivity index (χ3n) is 6.01. The molecule has 7 heteroatoms. The van der Waals surface area contributed by atoms with Crippen LogP contribution >= 0.6 is 11.3 Å². The van der Waals surface area contributed by atoms with Crippen LogP contribution in [0.1, 0.15) is 22.5 Å². The maximum atomic E-state index is 12.8. The summed E-state index contributed by atoms with van der Waals surface area (Å²) in [5.41, 5.74) is 1.43. The Morgan fingerprint density at radius 1 is 0.933 bits per heavy atom. The van der Waals surface area contributed by atoms with E-state index in [0.29, 0.717) is 16.5 Å². The number of benzene rings is 2. The molecule has 154 valence electrons. The number of hydrogen-bond donors (Lipinski definition) is 3. The Bertz CT molecular complexity index is 1070. The molecule has 0 spiro atoms. The highest BCUT2D eigenvalue weighted by Gasteiger charge is 2.35. The predicted molar refractivity (Wildman–Crippen MR) is 121 cm³/mol. The topological polar surface area (TPSA) is 73.5 Å². The van der Waals surface area contributed by atoms with Crippen molar-refractivity contribution in [1.82, 2.24) is 10.2 Å². The lowest BCUT2D eigenvalue weighted by Crippen LogP contribution is -2.57. The molecule has 6 rings (SSSR count). The second-order valence-electron chi connectivity index (χ2n) is 8.03. The van der Waals surface area contributed by atoms with Crippen LogP contribution in [0.2, 0.25) is 0 Å². The van der Waals surface area contributed by atoms with Gasteiger partial charge in [0.15, 0.2) is 0 Å². The monoisotopic (exact) mass is 420 g/mol. The molecule has 3 aliphatic rings. The number of fused-ring (bicyclic) bond motifs is 4. The van der Waals surface area contributed by atoms with E-state index in [1.54, 1.807) is 0 Å². The summed E-state index contributed by atoms with van der Waals surface area (Å²) in [5.74, 6) is 0.610. The van der Waals surface area contributed by atoms with Gasteiger partial charge in [-0.15, -0.1) is 11.3 Å². The molecule has 2 bridgehead atoms. The first-order valence-electron chi connectivity index (χ1n) is 10.3. The summed E-state index contributed by atoms with van der Waals surface area (Å²) < 4.78 is 0.978. The second-order valence-corrected chi connectivity index (χ2v) is 9.11. The van der Waals surface area contributed by atoms with Crippen LogP contribution in [-0.2, 0) is 0 Å². The second kappa shape index (κ2) is 8.08. The van der Waals surface area contributed by atoms with Crippen molar-refractivity contribution in [3.63, 3.8) is 0 Å². The minimum Gasteiger partial charge on any atom is -0.347 e. The fraction of sp³-hybridized carbons (Fsp3) is 0.304. The lowest BCUT2D eigenvalue weighted by atomic mass is 9.84. The Balaban J connectivity index is 1.25. The molecule has 1 aromatic heterocycles. The predicted octanol–water partition coefficient (Wildman–Crippen LogP) is 4.37. The molecule has 2 aromatic carbocycles. The number of thiophene rings is 1. The van der Waals surface area contributed by atoms with E-state index in [0.717, 1.165) is 35.4 Å². The smallest absolute Gasteiger partial charge is 0.323 e. The number of anilines is 2. The number of nitrogens with one attached hydrogen (secondary N) is 3. The van der Waals surface area contributed by atoms with Crippen molar-refractivity contribution in [1.29, 1.82) is 0 Å². The summed E-state index contributed by atoms with van der Waals surface area (Å²) in [7, 11) is 0. The number of urea groups is 1. The van der Waals surface area contributed by atoms with Crippen molar-refractivity contribution in [2.24, 2.45) is 5.92 Å². The molecule has 3 saturated heterocycles. The Morgan fingerprint density at radius 3 is 2.43 bits per heavy atom. The fourth-order valence-corrected chi connectivity index (χ4v) is 5.41. The zero-order chi connectivity index (χ0) is 20.5. The van der Waals surface area contributed by atoms with Crippen LogP contribution in [0.4, 0.5) is 16.2 Å². The Kier molecular flexibility index (Phi) is 5.14. The standard InChI is InChI=1S/C23H24N4O2S/c28-22(26-19-14-27-10-8-15(19)9-11-27)21-12-16-6-7-18(13-20(16)30-21)25-23(29)24-17-4-2-1-3-5-17/h1-7,12-13,15,19H,8-11,14H2,(H,26,28)(H2,24,25,29). The molecule has 1 unspecified atom stereocenters. The van der Waals surface area contributed by atoms with E-state index in [4.69, 9.17) is 0 Å². The largest absolute Gasteiger partial charge is 0.347 e. The quantitative estimate of drug-likeness (QED) is 0.587. The van der Waals surface area contributed by atoms with Gasteiger partial charge in [-0.3, -0.25) is 4.79 Å². The van der Waals surface area contributed by atoms with Gasteiger partial charge < -0.3 is 20.9 Å². The van der Waals surface area contributed by atoms with Crippen LogP contribution in [0.5, 0.6) is 0 Å². The molecular weight excluding hydrogens is 396 g/mol. The van der Waals surface area contributed by atoms with Gasteiger partial charge in [-0.25, -0.2) is 4.79 Å². The van der Waals surface area contributed by atoms with Gasteiger partial charge in [0.05, 0.1) is 4.88 Å². The number of carbonyl (C=O) groups is 2. The van der Waals surface area contributed by atoms with Crippen LogP contribution in [0.15, 0.2) is 54.6 Å². The molecule has 0 aliphatic carbocycles. The van der Waals surface area contributed by atoms with Crippen LogP contribution in [0, 0.1) is 5.92 Å². The molecule has 0 saturated carbocycles. The molecule has 3 aromatic rings. The van der Waals surface area contributed by atoms with E-state index in [1.807, 2.05) is 54.6 Å². The van der Waals surface area contributed by atoms with E-state index in [-0.39, 0.29) is 18.0 Å². The van der Waals surface area contributed by atoms with Crippen LogP contribution < -0.4 is 16.0 Å². The fourth-order valence-electron chi connectivity index (χ4n) is 4.40. The third kappa shape index (κ3) is 4.04. The van der Waals surface area contributed by atoms with Gasteiger partial charge in [0, 0.05) is 28.7 Å². The van der Waals surface area contributed by atoms with Crippen LogP contribution in [-0.4, -0.2) is 42.5 Å². The summed E-state index contributed by atoms with van der Waals surface area (Å²) in [5, 5.41) is 9.92. The zero-order valence-corrected chi connectivity index (χ0v) is 17.4. The van der Waals surface area contributed by atoms with E-state index in [1.165, 1.54) is 24.2 Å². The SMILES string of the molecule is O=C(Nc1ccccc1)Nc1ccc2cc(C(=O)NC3CN4CCC3CC4)sc2c1. The van der Waals surface area contributed by atoms with Crippen LogP contribution in [0.25, 0.3) is 10.1 Å². The third-order valence-corrected chi connectivity index (χ3v) is 7.10. The van der Waals surface area contributed by atoms with Crippen molar-refractivity contribution in [3.05, 3.63) is 59.5 Å². The Labute approximate surface area is 179 Å². The molecule has 4 heterocycles. The summed E-state index contributed by atoms with van der Waals surface area (Å²) in [6.45, 7) is 3.28. The minimum atomic E-state index is -0.294. The van der Waals surface area contributed by atoms with Crippen LogP contribution in [0.3, 0.4) is 0 Å². The van der Waals surface area contributed by atoms with Gasteiger partial charge in [-0.2, -0.15) is 0 Å². The Hall–Kier alpha value is -2.90. The summed E-state index contributed by atoms with van der Waals surface area (Å²) in [4.78, 5) is 28.2. The number of nitrogens with zero attached hydrogens (tertiary/aromatic N) is 1. The van der Waals surface area contributed by atoms with E-state index < -0.39 is 0 Å². The van der Waals surface area contributed by atoms with Crippen molar-refractivity contribution in [2.75, 3.05) is 30.3 Å².